The van der Waals surface area contributed by atoms with Crippen molar-refractivity contribution in [1.29, 1.82) is 0 Å². The van der Waals surface area contributed by atoms with Crippen LogP contribution < -0.4 is 0 Å². The van der Waals surface area contributed by atoms with Crippen LogP contribution in [0.15, 0.2) is 101 Å². The summed E-state index contributed by atoms with van der Waals surface area (Å²) in [5, 5.41) is 0. The number of aryl methyl sites for hydroxylation is 3. The highest BCUT2D eigenvalue weighted by Crippen LogP contribution is 2.31. The Labute approximate surface area is 183 Å². The summed E-state index contributed by atoms with van der Waals surface area (Å²) in [5.74, 6) is 0. The Hall–Kier alpha value is -2.25. The van der Waals surface area contributed by atoms with Crippen LogP contribution in [0.25, 0.3) is 0 Å². The molecule has 0 amide bonds. The van der Waals surface area contributed by atoms with Crippen LogP contribution >= 0.6 is 11.8 Å². The molecule has 3 aromatic carbocycles. The third-order valence-electron chi connectivity index (χ3n) is 4.33. The highest BCUT2D eigenvalue weighted by Gasteiger charge is 2.01. The van der Waals surface area contributed by atoms with Gasteiger partial charge in [-0.3, -0.25) is 0 Å². The Morgan fingerprint density at radius 2 is 1.17 bits per heavy atom. The molecule has 0 aliphatic rings. The van der Waals surface area contributed by atoms with Crippen molar-refractivity contribution in [2.45, 2.75) is 63.7 Å². The summed E-state index contributed by atoms with van der Waals surface area (Å²) in [4.78, 5) is 2.68. The van der Waals surface area contributed by atoms with Crippen LogP contribution in [0.1, 0.15) is 50.3 Å². The fraction of sp³-hybridized carbons (Fsp3) is 0.286. The van der Waals surface area contributed by atoms with E-state index >= 15 is 0 Å². The molecule has 0 aliphatic carbocycles. The Kier molecular flexibility index (Phi) is 12.6. The van der Waals surface area contributed by atoms with Gasteiger partial charge < -0.3 is 0 Å². The minimum atomic E-state index is 1.14. The summed E-state index contributed by atoms with van der Waals surface area (Å²) in [7, 11) is 0. The van der Waals surface area contributed by atoms with Crippen molar-refractivity contribution in [2.24, 2.45) is 0 Å². The van der Waals surface area contributed by atoms with Crippen LogP contribution in [-0.2, 0) is 6.42 Å². The topological polar surface area (TPSA) is 0 Å². The van der Waals surface area contributed by atoms with Crippen LogP contribution in [0.5, 0.6) is 0 Å². The number of rotatable bonds is 5. The maximum absolute atomic E-state index is 3.74. The van der Waals surface area contributed by atoms with Crippen molar-refractivity contribution >= 4 is 11.8 Å². The van der Waals surface area contributed by atoms with Gasteiger partial charge >= 0.3 is 0 Å². The first kappa shape index (κ1) is 24.8. The Morgan fingerprint density at radius 1 is 0.724 bits per heavy atom. The molecule has 0 bridgehead atoms. The van der Waals surface area contributed by atoms with Crippen molar-refractivity contribution in [3.8, 4) is 0 Å². The van der Waals surface area contributed by atoms with Gasteiger partial charge in [0, 0.05) is 9.79 Å². The second-order valence-corrected chi connectivity index (χ2v) is 8.26. The summed E-state index contributed by atoms with van der Waals surface area (Å²) in [5.41, 5.74) is 5.38. The zero-order chi connectivity index (χ0) is 21.5. The molecule has 0 radical (unpaired) electrons. The smallest absolute Gasteiger partial charge is 0.0151 e. The molecule has 0 aliphatic heterocycles. The van der Waals surface area contributed by atoms with E-state index in [0.717, 1.165) is 6.42 Å². The Morgan fingerprint density at radius 3 is 1.48 bits per heavy atom. The average Bonchev–Trinajstić information content (AvgIpc) is 2.73. The predicted octanol–water partition coefficient (Wildman–Crippen LogP) is 9.07. The molecule has 0 N–H and O–H groups in total. The molecule has 0 unspecified atom stereocenters. The lowest BCUT2D eigenvalue weighted by Crippen LogP contribution is -1.81. The quantitative estimate of drug-likeness (QED) is 0.382. The molecule has 154 valence electrons. The van der Waals surface area contributed by atoms with E-state index in [-0.39, 0.29) is 0 Å². The SMILES string of the molecule is C=C(C)CCC.CCc1ccccc1.Cc1ccccc1Sc1ccccc1C. The molecule has 0 atom stereocenters. The third-order valence-corrected chi connectivity index (χ3v) is 5.69. The van der Waals surface area contributed by atoms with Gasteiger partial charge in [-0.25, -0.2) is 0 Å². The number of benzene rings is 3. The fourth-order valence-electron chi connectivity index (χ4n) is 2.60. The zero-order valence-electron chi connectivity index (χ0n) is 18.7. The summed E-state index contributed by atoms with van der Waals surface area (Å²) in [6.07, 6.45) is 3.55. The van der Waals surface area contributed by atoms with Crippen LogP contribution in [0.4, 0.5) is 0 Å². The summed E-state index contributed by atoms with van der Waals surface area (Å²) in [6, 6.07) is 27.5. The van der Waals surface area contributed by atoms with E-state index in [9.17, 15) is 0 Å². The minimum absolute atomic E-state index is 1.14. The molecule has 1 heteroatoms. The molecule has 0 aromatic heterocycles. The molecular weight excluding hydrogens is 368 g/mol. The highest BCUT2D eigenvalue weighted by molar-refractivity contribution is 7.99. The first-order chi connectivity index (χ1) is 14.0. The lowest BCUT2D eigenvalue weighted by Gasteiger charge is -2.07. The van der Waals surface area contributed by atoms with Crippen molar-refractivity contribution in [1.82, 2.24) is 0 Å². The van der Waals surface area contributed by atoms with Gasteiger partial charge in [-0.05, 0) is 62.4 Å². The van der Waals surface area contributed by atoms with Crippen molar-refractivity contribution in [3.05, 3.63) is 108 Å². The molecular formula is C28H36S. The number of hydrogen-bond donors (Lipinski definition) is 0. The normalized spacial score (nSPS) is 9.55. The van der Waals surface area contributed by atoms with Gasteiger partial charge in [0.05, 0.1) is 0 Å². The molecule has 29 heavy (non-hydrogen) atoms. The maximum Gasteiger partial charge on any atom is 0.0151 e. The van der Waals surface area contributed by atoms with Gasteiger partial charge in [-0.15, -0.1) is 6.58 Å². The standard InChI is InChI=1S/C14H14S.C8H10.C6H12/c1-11-7-3-5-9-13(11)15-14-10-6-4-8-12(14)2;1-2-8-6-4-3-5-7-8;1-4-5-6(2)3/h3-10H,1-2H3;3-7H,2H2,1H3;2,4-5H2,1,3H3. The monoisotopic (exact) mass is 404 g/mol. The number of hydrogen-bond acceptors (Lipinski definition) is 1. The van der Waals surface area contributed by atoms with Gasteiger partial charge in [0.15, 0.2) is 0 Å². The van der Waals surface area contributed by atoms with Crippen molar-refractivity contribution in [3.63, 3.8) is 0 Å². The summed E-state index contributed by atoms with van der Waals surface area (Å²) in [6.45, 7) is 14.4. The van der Waals surface area contributed by atoms with E-state index in [1.807, 2.05) is 17.8 Å². The Balaban J connectivity index is 0.000000252. The zero-order valence-corrected chi connectivity index (χ0v) is 19.6. The van der Waals surface area contributed by atoms with Gasteiger partial charge in [-0.2, -0.15) is 0 Å². The van der Waals surface area contributed by atoms with Crippen LogP contribution in [0.3, 0.4) is 0 Å². The molecule has 0 spiro atoms. The van der Waals surface area contributed by atoms with E-state index in [0.29, 0.717) is 0 Å². The van der Waals surface area contributed by atoms with Gasteiger partial charge in [-0.1, -0.05) is 104 Å². The predicted molar refractivity (Wildman–Crippen MR) is 132 cm³/mol. The molecule has 0 saturated carbocycles. The van der Waals surface area contributed by atoms with Crippen LogP contribution in [0, 0.1) is 13.8 Å². The van der Waals surface area contributed by atoms with Crippen molar-refractivity contribution < 1.29 is 0 Å². The second-order valence-electron chi connectivity index (χ2n) is 7.18. The molecule has 0 saturated heterocycles. The molecule has 0 fully saturated rings. The molecule has 3 aromatic rings. The Bertz CT molecular complexity index is 790. The largest absolute Gasteiger partial charge is 0.100 e. The van der Waals surface area contributed by atoms with E-state index < -0.39 is 0 Å². The summed E-state index contributed by atoms with van der Waals surface area (Å²) < 4.78 is 0. The lowest BCUT2D eigenvalue weighted by atomic mass is 10.2. The van der Waals surface area contributed by atoms with Gasteiger partial charge in [0.2, 0.25) is 0 Å². The van der Waals surface area contributed by atoms with Gasteiger partial charge in [0.1, 0.15) is 0 Å². The van der Waals surface area contributed by atoms with E-state index in [1.165, 1.54) is 44.9 Å². The average molecular weight is 405 g/mol. The van der Waals surface area contributed by atoms with E-state index in [2.05, 4.69) is 114 Å². The molecule has 0 heterocycles. The minimum Gasteiger partial charge on any atom is -0.100 e. The van der Waals surface area contributed by atoms with E-state index in [4.69, 9.17) is 0 Å². The lowest BCUT2D eigenvalue weighted by molar-refractivity contribution is 0.910. The van der Waals surface area contributed by atoms with E-state index in [1.54, 1.807) is 0 Å². The maximum atomic E-state index is 3.74. The summed E-state index contributed by atoms with van der Waals surface area (Å²) >= 11 is 1.84. The molecule has 0 nitrogen and oxygen atoms in total. The third kappa shape index (κ3) is 10.8. The first-order valence-electron chi connectivity index (χ1n) is 10.4. The first-order valence-corrected chi connectivity index (χ1v) is 11.3. The van der Waals surface area contributed by atoms with Gasteiger partial charge in [0.25, 0.3) is 0 Å². The van der Waals surface area contributed by atoms with Crippen LogP contribution in [-0.4, -0.2) is 0 Å². The number of allylic oxidation sites excluding steroid dienone is 1. The fourth-order valence-corrected chi connectivity index (χ4v) is 3.59. The second kappa shape index (κ2) is 14.7. The van der Waals surface area contributed by atoms with Crippen molar-refractivity contribution in [2.75, 3.05) is 0 Å². The van der Waals surface area contributed by atoms with Crippen LogP contribution in [0.2, 0.25) is 0 Å². The molecule has 3 rings (SSSR count). The highest BCUT2D eigenvalue weighted by atomic mass is 32.2.